The van der Waals surface area contributed by atoms with Gasteiger partial charge in [-0.15, -0.1) is 0 Å². The second-order valence-corrected chi connectivity index (χ2v) is 4.50. The molecule has 0 spiro atoms. The number of rotatable bonds is 1. The first-order valence-corrected chi connectivity index (χ1v) is 5.19. The summed E-state index contributed by atoms with van der Waals surface area (Å²) in [6.45, 7) is 7.55. The summed E-state index contributed by atoms with van der Waals surface area (Å²) in [7, 11) is 1.82. The first-order chi connectivity index (χ1) is 6.41. The SMILES string of the molecule is CCN(C)C(=O)N1CCC(N)C1(C)C. The molecule has 4 nitrogen and oxygen atoms in total. The predicted octanol–water partition coefficient (Wildman–Crippen LogP) is 0.870. The van der Waals surface area contributed by atoms with Crippen molar-refractivity contribution in [2.75, 3.05) is 20.1 Å². The summed E-state index contributed by atoms with van der Waals surface area (Å²) in [4.78, 5) is 15.5. The molecule has 2 amide bonds. The topological polar surface area (TPSA) is 49.6 Å². The molecule has 0 aromatic rings. The van der Waals surface area contributed by atoms with Crippen molar-refractivity contribution in [3.63, 3.8) is 0 Å². The summed E-state index contributed by atoms with van der Waals surface area (Å²) >= 11 is 0. The Labute approximate surface area is 86.0 Å². The Balaban J connectivity index is 2.75. The lowest BCUT2D eigenvalue weighted by Crippen LogP contribution is -2.54. The molecule has 1 rings (SSSR count). The van der Waals surface area contributed by atoms with Crippen LogP contribution in [0.25, 0.3) is 0 Å². The van der Waals surface area contributed by atoms with E-state index in [0.717, 1.165) is 19.5 Å². The zero-order chi connectivity index (χ0) is 10.9. The fraction of sp³-hybridized carbons (Fsp3) is 0.900. The lowest BCUT2D eigenvalue weighted by atomic mass is 9.97. The van der Waals surface area contributed by atoms with Gasteiger partial charge in [0.15, 0.2) is 0 Å². The van der Waals surface area contributed by atoms with Gasteiger partial charge in [-0.1, -0.05) is 0 Å². The van der Waals surface area contributed by atoms with E-state index in [1.54, 1.807) is 4.90 Å². The molecule has 0 bridgehead atoms. The van der Waals surface area contributed by atoms with Crippen LogP contribution in [0.15, 0.2) is 0 Å². The zero-order valence-corrected chi connectivity index (χ0v) is 9.58. The van der Waals surface area contributed by atoms with Crippen LogP contribution in [0.3, 0.4) is 0 Å². The molecule has 0 radical (unpaired) electrons. The van der Waals surface area contributed by atoms with Gasteiger partial charge in [0.25, 0.3) is 0 Å². The zero-order valence-electron chi connectivity index (χ0n) is 9.58. The number of urea groups is 1. The van der Waals surface area contributed by atoms with E-state index >= 15 is 0 Å². The molecule has 82 valence electrons. The minimum Gasteiger partial charge on any atom is -0.328 e. The Morgan fingerprint density at radius 3 is 2.57 bits per heavy atom. The fourth-order valence-electron chi connectivity index (χ4n) is 1.79. The maximum absolute atomic E-state index is 11.9. The van der Waals surface area contributed by atoms with Gasteiger partial charge in [0.1, 0.15) is 0 Å². The van der Waals surface area contributed by atoms with Gasteiger partial charge in [-0.3, -0.25) is 0 Å². The van der Waals surface area contributed by atoms with E-state index in [2.05, 4.69) is 0 Å². The molecule has 1 heterocycles. The van der Waals surface area contributed by atoms with Crippen LogP contribution >= 0.6 is 0 Å². The van der Waals surface area contributed by atoms with Gasteiger partial charge in [0, 0.05) is 26.2 Å². The molecule has 0 aromatic heterocycles. The third kappa shape index (κ3) is 1.71. The summed E-state index contributed by atoms with van der Waals surface area (Å²) < 4.78 is 0. The smallest absolute Gasteiger partial charge is 0.320 e. The fourth-order valence-corrected chi connectivity index (χ4v) is 1.79. The van der Waals surface area contributed by atoms with Crippen LogP contribution in [-0.2, 0) is 0 Å². The van der Waals surface area contributed by atoms with E-state index in [4.69, 9.17) is 5.73 Å². The average molecular weight is 199 g/mol. The molecule has 1 saturated heterocycles. The summed E-state index contributed by atoms with van der Waals surface area (Å²) in [5.41, 5.74) is 5.76. The van der Waals surface area contributed by atoms with Gasteiger partial charge in [-0.2, -0.15) is 0 Å². The number of hydrogen-bond acceptors (Lipinski definition) is 2. The highest BCUT2D eigenvalue weighted by atomic mass is 16.2. The average Bonchev–Trinajstić information content (AvgIpc) is 2.40. The number of carbonyl (C=O) groups excluding carboxylic acids is 1. The molecule has 1 aliphatic heterocycles. The standard InChI is InChI=1S/C10H21N3O/c1-5-12(4)9(14)13-7-6-8(11)10(13,2)3/h8H,5-7,11H2,1-4H3. The van der Waals surface area contributed by atoms with Gasteiger partial charge in [0.05, 0.1) is 5.54 Å². The lowest BCUT2D eigenvalue weighted by Gasteiger charge is -2.36. The Hall–Kier alpha value is -0.770. The molecular formula is C10H21N3O. The molecule has 4 heteroatoms. The molecule has 0 saturated carbocycles. The van der Waals surface area contributed by atoms with E-state index in [0.29, 0.717) is 0 Å². The largest absolute Gasteiger partial charge is 0.328 e. The van der Waals surface area contributed by atoms with Gasteiger partial charge >= 0.3 is 6.03 Å². The monoisotopic (exact) mass is 199 g/mol. The molecule has 1 aliphatic rings. The van der Waals surface area contributed by atoms with E-state index < -0.39 is 0 Å². The van der Waals surface area contributed by atoms with Gasteiger partial charge in [-0.25, -0.2) is 4.79 Å². The maximum Gasteiger partial charge on any atom is 0.320 e. The van der Waals surface area contributed by atoms with Crippen molar-refractivity contribution in [2.45, 2.75) is 38.8 Å². The van der Waals surface area contributed by atoms with Crippen molar-refractivity contribution < 1.29 is 4.79 Å². The van der Waals surface area contributed by atoms with Crippen LogP contribution in [0, 0.1) is 0 Å². The molecule has 0 aromatic carbocycles. The lowest BCUT2D eigenvalue weighted by molar-refractivity contribution is 0.131. The van der Waals surface area contributed by atoms with E-state index in [1.165, 1.54) is 0 Å². The van der Waals surface area contributed by atoms with Crippen LogP contribution < -0.4 is 5.73 Å². The number of amides is 2. The number of carbonyl (C=O) groups is 1. The van der Waals surface area contributed by atoms with Gasteiger partial charge in [-0.05, 0) is 27.2 Å². The Morgan fingerprint density at radius 2 is 2.21 bits per heavy atom. The Kier molecular flexibility index (Phi) is 3.04. The molecule has 1 fully saturated rings. The van der Waals surface area contributed by atoms with Crippen molar-refractivity contribution >= 4 is 6.03 Å². The second kappa shape index (κ2) is 3.77. The van der Waals surface area contributed by atoms with E-state index in [1.807, 2.05) is 32.7 Å². The summed E-state index contributed by atoms with van der Waals surface area (Å²) in [5, 5.41) is 0. The van der Waals surface area contributed by atoms with Crippen molar-refractivity contribution in [3.8, 4) is 0 Å². The number of hydrogen-bond donors (Lipinski definition) is 1. The summed E-state index contributed by atoms with van der Waals surface area (Å²) in [5.74, 6) is 0. The van der Waals surface area contributed by atoms with Crippen LogP contribution in [0.2, 0.25) is 0 Å². The molecule has 1 atom stereocenters. The van der Waals surface area contributed by atoms with E-state index in [9.17, 15) is 4.79 Å². The van der Waals surface area contributed by atoms with Crippen molar-refractivity contribution in [2.24, 2.45) is 5.73 Å². The van der Waals surface area contributed by atoms with Crippen LogP contribution in [0.1, 0.15) is 27.2 Å². The minimum atomic E-state index is -0.208. The van der Waals surface area contributed by atoms with Gasteiger partial charge < -0.3 is 15.5 Å². The second-order valence-electron chi connectivity index (χ2n) is 4.50. The van der Waals surface area contributed by atoms with Crippen molar-refractivity contribution in [1.82, 2.24) is 9.80 Å². The molecule has 2 N–H and O–H groups in total. The van der Waals surface area contributed by atoms with Crippen molar-refractivity contribution in [1.29, 1.82) is 0 Å². The normalized spacial score (nSPS) is 25.2. The number of nitrogens with zero attached hydrogens (tertiary/aromatic N) is 2. The van der Waals surface area contributed by atoms with Crippen molar-refractivity contribution in [3.05, 3.63) is 0 Å². The highest BCUT2D eigenvalue weighted by Crippen LogP contribution is 2.28. The van der Waals surface area contributed by atoms with Crippen LogP contribution in [0.5, 0.6) is 0 Å². The Bertz CT molecular complexity index is 227. The van der Waals surface area contributed by atoms with Gasteiger partial charge in [0.2, 0.25) is 0 Å². The molecular weight excluding hydrogens is 178 g/mol. The Morgan fingerprint density at radius 1 is 1.64 bits per heavy atom. The third-order valence-electron chi connectivity index (χ3n) is 3.30. The molecule has 1 unspecified atom stereocenters. The predicted molar refractivity (Wildman–Crippen MR) is 57.1 cm³/mol. The van der Waals surface area contributed by atoms with Crippen LogP contribution in [0.4, 0.5) is 4.79 Å². The summed E-state index contributed by atoms with van der Waals surface area (Å²) in [6, 6.07) is 0.183. The third-order valence-corrected chi connectivity index (χ3v) is 3.30. The van der Waals surface area contributed by atoms with E-state index in [-0.39, 0.29) is 17.6 Å². The van der Waals surface area contributed by atoms with Crippen LogP contribution in [-0.4, -0.2) is 47.5 Å². The number of likely N-dealkylation sites (tertiary alicyclic amines) is 1. The summed E-state index contributed by atoms with van der Waals surface area (Å²) in [6.07, 6.45) is 0.899. The molecule has 14 heavy (non-hydrogen) atoms. The highest BCUT2D eigenvalue weighted by molar-refractivity contribution is 5.75. The number of nitrogens with two attached hydrogens (primary N) is 1. The highest BCUT2D eigenvalue weighted by Gasteiger charge is 2.42. The maximum atomic E-state index is 11.9. The minimum absolute atomic E-state index is 0.0884. The first kappa shape index (κ1) is 11.3. The first-order valence-electron chi connectivity index (χ1n) is 5.19. The quantitative estimate of drug-likeness (QED) is 0.681. The molecule has 0 aliphatic carbocycles.